The zero-order valence-corrected chi connectivity index (χ0v) is 10.4. The molecule has 1 heterocycles. The molecule has 0 N–H and O–H groups in total. The summed E-state index contributed by atoms with van der Waals surface area (Å²) in [6, 6.07) is 4.44. The molecule has 3 nitrogen and oxygen atoms in total. The summed E-state index contributed by atoms with van der Waals surface area (Å²) in [5.41, 5.74) is -0.0778. The molecule has 2 rings (SSSR count). The molecule has 6 heteroatoms. The minimum atomic E-state index is -4.34. The lowest BCUT2D eigenvalue weighted by Gasteiger charge is -2.25. The lowest BCUT2D eigenvalue weighted by molar-refractivity contribution is -0.142. The van der Waals surface area contributed by atoms with Gasteiger partial charge in [0.25, 0.3) is 0 Å². The monoisotopic (exact) mass is 273 g/mol. The van der Waals surface area contributed by atoms with E-state index in [0.29, 0.717) is 18.7 Å². The molecule has 19 heavy (non-hydrogen) atoms. The van der Waals surface area contributed by atoms with E-state index in [1.54, 1.807) is 4.90 Å². The highest BCUT2D eigenvalue weighted by Gasteiger charge is 2.33. The molecule has 0 spiro atoms. The van der Waals surface area contributed by atoms with Crippen LogP contribution in [0, 0.1) is 0 Å². The first-order chi connectivity index (χ1) is 8.93. The summed E-state index contributed by atoms with van der Waals surface area (Å²) in [4.78, 5) is 13.4. The predicted octanol–water partition coefficient (Wildman–Crippen LogP) is 2.85. The Kier molecular flexibility index (Phi) is 3.68. The van der Waals surface area contributed by atoms with Crippen LogP contribution in [-0.4, -0.2) is 25.7 Å². The third-order valence-electron chi connectivity index (χ3n) is 3.25. The Balaban J connectivity index is 2.20. The molecule has 0 bridgehead atoms. The van der Waals surface area contributed by atoms with Crippen molar-refractivity contribution in [2.45, 2.75) is 25.1 Å². The first-order valence-corrected chi connectivity index (χ1v) is 5.95. The van der Waals surface area contributed by atoms with E-state index < -0.39 is 17.8 Å². The van der Waals surface area contributed by atoms with Crippen molar-refractivity contribution in [3.63, 3.8) is 0 Å². The second kappa shape index (κ2) is 5.11. The van der Waals surface area contributed by atoms with E-state index in [1.165, 1.54) is 19.2 Å². The van der Waals surface area contributed by atoms with Gasteiger partial charge in [-0.2, -0.15) is 13.2 Å². The van der Waals surface area contributed by atoms with E-state index in [-0.39, 0.29) is 5.97 Å². The third kappa shape index (κ3) is 2.83. The normalized spacial score (nSPS) is 19.6. The maximum Gasteiger partial charge on any atom is 0.416 e. The van der Waals surface area contributed by atoms with Gasteiger partial charge >= 0.3 is 12.1 Å². The summed E-state index contributed by atoms with van der Waals surface area (Å²) in [6.45, 7) is 0.644. The summed E-state index contributed by atoms with van der Waals surface area (Å²) >= 11 is 0. The van der Waals surface area contributed by atoms with Crippen LogP contribution in [0.1, 0.15) is 18.4 Å². The number of hydrogen-bond donors (Lipinski definition) is 0. The third-order valence-corrected chi connectivity index (χ3v) is 3.25. The van der Waals surface area contributed by atoms with Crippen molar-refractivity contribution in [3.8, 4) is 0 Å². The molecule has 1 saturated heterocycles. The number of hydrogen-bond acceptors (Lipinski definition) is 3. The van der Waals surface area contributed by atoms with Crippen molar-refractivity contribution in [1.29, 1.82) is 0 Å². The van der Waals surface area contributed by atoms with Crippen LogP contribution in [0.5, 0.6) is 0 Å². The average Bonchev–Trinajstić information content (AvgIpc) is 2.86. The number of rotatable bonds is 2. The van der Waals surface area contributed by atoms with Gasteiger partial charge in [0.05, 0.1) is 12.7 Å². The van der Waals surface area contributed by atoms with Crippen molar-refractivity contribution in [3.05, 3.63) is 29.8 Å². The molecule has 1 atom stereocenters. The number of carbonyl (C=O) groups excluding carboxylic acids is 1. The van der Waals surface area contributed by atoms with Crippen molar-refractivity contribution in [2.75, 3.05) is 18.6 Å². The molecular weight excluding hydrogens is 259 g/mol. The Labute approximate surface area is 109 Å². The molecule has 0 aromatic heterocycles. The van der Waals surface area contributed by atoms with Gasteiger partial charge in [-0.3, -0.25) is 0 Å². The van der Waals surface area contributed by atoms with Crippen molar-refractivity contribution >= 4 is 11.7 Å². The van der Waals surface area contributed by atoms with Crippen LogP contribution in [0.4, 0.5) is 18.9 Å². The van der Waals surface area contributed by atoms with Gasteiger partial charge in [-0.1, -0.05) is 0 Å². The van der Waals surface area contributed by atoms with E-state index in [9.17, 15) is 18.0 Å². The van der Waals surface area contributed by atoms with E-state index in [4.69, 9.17) is 4.74 Å². The van der Waals surface area contributed by atoms with Gasteiger partial charge in [0.15, 0.2) is 0 Å². The Morgan fingerprint density at radius 1 is 1.32 bits per heavy atom. The summed E-state index contributed by atoms with van der Waals surface area (Å²) in [6.07, 6.45) is -2.86. The van der Waals surface area contributed by atoms with Crippen LogP contribution in [0.3, 0.4) is 0 Å². The zero-order valence-electron chi connectivity index (χ0n) is 10.4. The van der Waals surface area contributed by atoms with Gasteiger partial charge in [0.2, 0.25) is 0 Å². The number of esters is 1. The van der Waals surface area contributed by atoms with Crippen LogP contribution in [-0.2, 0) is 15.7 Å². The van der Waals surface area contributed by atoms with E-state index in [0.717, 1.165) is 18.6 Å². The number of benzene rings is 1. The van der Waals surface area contributed by atoms with Crippen molar-refractivity contribution in [2.24, 2.45) is 0 Å². The fraction of sp³-hybridized carbons (Fsp3) is 0.462. The predicted molar refractivity (Wildman–Crippen MR) is 63.8 cm³/mol. The summed E-state index contributed by atoms with van der Waals surface area (Å²) < 4.78 is 42.1. The molecule has 0 radical (unpaired) electrons. The highest BCUT2D eigenvalue weighted by Crippen LogP contribution is 2.32. The smallest absolute Gasteiger partial charge is 0.416 e. The standard InChI is InChI=1S/C13H14F3NO2/c1-19-12(18)11-3-2-8-17(11)10-6-4-9(5-7-10)13(14,15)16/h4-7,11H,2-3,8H2,1H3. The lowest BCUT2D eigenvalue weighted by Crippen LogP contribution is -2.36. The van der Waals surface area contributed by atoms with E-state index in [1.807, 2.05) is 0 Å². The largest absolute Gasteiger partial charge is 0.467 e. The van der Waals surface area contributed by atoms with Crippen LogP contribution in [0.2, 0.25) is 0 Å². The van der Waals surface area contributed by atoms with E-state index in [2.05, 4.69) is 0 Å². The molecular formula is C13H14F3NO2. The van der Waals surface area contributed by atoms with E-state index >= 15 is 0 Å². The summed E-state index contributed by atoms with van der Waals surface area (Å²) in [5, 5.41) is 0. The topological polar surface area (TPSA) is 29.5 Å². The number of alkyl halides is 3. The molecule has 1 unspecified atom stereocenters. The lowest BCUT2D eigenvalue weighted by atomic mass is 10.1. The number of nitrogens with zero attached hydrogens (tertiary/aromatic N) is 1. The molecule has 0 amide bonds. The highest BCUT2D eigenvalue weighted by molar-refractivity contribution is 5.80. The second-order valence-electron chi connectivity index (χ2n) is 4.42. The fourth-order valence-electron chi connectivity index (χ4n) is 2.30. The number of anilines is 1. The number of carbonyl (C=O) groups is 1. The molecule has 1 fully saturated rings. The van der Waals surface area contributed by atoms with Gasteiger partial charge in [-0.15, -0.1) is 0 Å². The first kappa shape index (κ1) is 13.7. The van der Waals surface area contributed by atoms with Gasteiger partial charge in [0.1, 0.15) is 6.04 Å². The van der Waals surface area contributed by atoms with Crippen molar-refractivity contribution < 1.29 is 22.7 Å². The molecule has 1 aliphatic heterocycles. The second-order valence-corrected chi connectivity index (χ2v) is 4.42. The Bertz CT molecular complexity index is 456. The average molecular weight is 273 g/mol. The van der Waals surface area contributed by atoms with Gasteiger partial charge in [-0.05, 0) is 37.1 Å². The maximum absolute atomic E-state index is 12.5. The number of methoxy groups -OCH3 is 1. The maximum atomic E-state index is 12.5. The van der Waals surface area contributed by atoms with Crippen LogP contribution >= 0.6 is 0 Å². The minimum Gasteiger partial charge on any atom is -0.467 e. The highest BCUT2D eigenvalue weighted by atomic mass is 19.4. The SMILES string of the molecule is COC(=O)C1CCCN1c1ccc(C(F)(F)F)cc1. The molecule has 1 aromatic rings. The first-order valence-electron chi connectivity index (χ1n) is 5.95. The minimum absolute atomic E-state index is 0.350. The Morgan fingerprint density at radius 3 is 2.47 bits per heavy atom. The Morgan fingerprint density at radius 2 is 1.95 bits per heavy atom. The zero-order chi connectivity index (χ0) is 14.0. The van der Waals surface area contributed by atoms with Gasteiger partial charge in [0, 0.05) is 12.2 Å². The number of halogens is 3. The van der Waals surface area contributed by atoms with Gasteiger partial charge in [-0.25, -0.2) is 4.79 Å². The molecule has 1 aromatic carbocycles. The fourth-order valence-corrected chi connectivity index (χ4v) is 2.30. The molecule has 0 saturated carbocycles. The van der Waals surface area contributed by atoms with Crippen LogP contribution in [0.15, 0.2) is 24.3 Å². The quantitative estimate of drug-likeness (QED) is 0.776. The molecule has 104 valence electrons. The molecule has 1 aliphatic rings. The van der Waals surface area contributed by atoms with Crippen LogP contribution < -0.4 is 4.90 Å². The Hall–Kier alpha value is -1.72. The summed E-state index contributed by atoms with van der Waals surface area (Å²) in [7, 11) is 1.31. The van der Waals surface area contributed by atoms with Crippen molar-refractivity contribution in [1.82, 2.24) is 0 Å². The number of ether oxygens (including phenoxy) is 1. The summed E-state index contributed by atoms with van der Waals surface area (Å²) in [5.74, 6) is -0.350. The van der Waals surface area contributed by atoms with Gasteiger partial charge < -0.3 is 9.64 Å². The van der Waals surface area contributed by atoms with Crippen LogP contribution in [0.25, 0.3) is 0 Å². The molecule has 0 aliphatic carbocycles.